The molecular formula is C34H56N2O7. The number of fused-ring (bicyclic) bond motifs is 2. The van der Waals surface area contributed by atoms with Gasteiger partial charge in [-0.1, -0.05) is 38.2 Å². The molecule has 2 saturated carbocycles. The topological polar surface area (TPSA) is 140 Å². The van der Waals surface area contributed by atoms with E-state index in [2.05, 4.69) is 12.2 Å². The fourth-order valence-electron chi connectivity index (χ4n) is 8.69. The number of ketones is 1. The van der Waals surface area contributed by atoms with Crippen molar-refractivity contribution in [1.82, 2.24) is 5.32 Å². The highest BCUT2D eigenvalue weighted by Crippen LogP contribution is 2.51. The van der Waals surface area contributed by atoms with Crippen molar-refractivity contribution in [2.45, 2.75) is 147 Å². The average molecular weight is 605 g/mol. The van der Waals surface area contributed by atoms with Crippen LogP contribution in [0.1, 0.15) is 104 Å². The Morgan fingerprint density at radius 3 is 2.56 bits per heavy atom. The van der Waals surface area contributed by atoms with Gasteiger partial charge in [0.05, 0.1) is 43.1 Å². The van der Waals surface area contributed by atoms with Gasteiger partial charge in [0.1, 0.15) is 17.5 Å². The Balaban J connectivity index is 1.42. The number of hydrogen-bond donors (Lipinski definition) is 4. The normalized spacial score (nSPS) is 42.7. The summed E-state index contributed by atoms with van der Waals surface area (Å²) in [5, 5.41) is 25.1. The molecule has 43 heavy (non-hydrogen) atoms. The first-order valence-corrected chi connectivity index (χ1v) is 17.1. The van der Waals surface area contributed by atoms with Crippen LogP contribution >= 0.6 is 0 Å². The molecule has 5 fully saturated rings. The van der Waals surface area contributed by atoms with E-state index in [9.17, 15) is 19.8 Å². The van der Waals surface area contributed by atoms with Crippen molar-refractivity contribution in [2.75, 3.05) is 13.2 Å². The lowest BCUT2D eigenvalue weighted by atomic mass is 9.61. The fourth-order valence-corrected chi connectivity index (χ4v) is 8.69. The maximum absolute atomic E-state index is 13.5. The molecule has 0 amide bonds. The van der Waals surface area contributed by atoms with Gasteiger partial charge in [0, 0.05) is 23.8 Å². The van der Waals surface area contributed by atoms with Gasteiger partial charge >= 0.3 is 5.97 Å². The highest BCUT2D eigenvalue weighted by atomic mass is 16.6. The second-order valence-electron chi connectivity index (χ2n) is 14.5. The summed E-state index contributed by atoms with van der Waals surface area (Å²) >= 11 is 0. The van der Waals surface area contributed by atoms with Crippen molar-refractivity contribution < 1.29 is 34.0 Å². The first-order valence-electron chi connectivity index (χ1n) is 17.1. The third-order valence-electron chi connectivity index (χ3n) is 11.6. The van der Waals surface area contributed by atoms with E-state index in [0.29, 0.717) is 30.3 Å². The second kappa shape index (κ2) is 14.4. The van der Waals surface area contributed by atoms with E-state index in [0.717, 1.165) is 38.6 Å². The van der Waals surface area contributed by atoms with Crippen LogP contribution in [-0.4, -0.2) is 77.4 Å². The Labute approximate surface area is 257 Å². The number of carbonyl (C=O) groups is 2. The zero-order chi connectivity index (χ0) is 30.7. The summed E-state index contributed by atoms with van der Waals surface area (Å²) in [6.07, 6.45) is 11.3. The molecule has 244 valence electrons. The van der Waals surface area contributed by atoms with E-state index < -0.39 is 35.9 Å². The van der Waals surface area contributed by atoms with E-state index in [1.54, 1.807) is 13.0 Å². The quantitative estimate of drug-likeness (QED) is 0.229. The van der Waals surface area contributed by atoms with Gasteiger partial charge < -0.3 is 35.5 Å². The largest absolute Gasteiger partial charge is 0.456 e. The molecule has 3 saturated heterocycles. The number of esters is 1. The number of Topliss-reactive ketones (excluding diaryl/α,β-unsaturated/α-hetero) is 1. The minimum Gasteiger partial charge on any atom is -0.456 e. The second-order valence-corrected chi connectivity index (χ2v) is 14.5. The number of aliphatic hydroxyl groups excluding tert-OH is 2. The van der Waals surface area contributed by atoms with Gasteiger partial charge in [-0.15, -0.1) is 0 Å². The van der Waals surface area contributed by atoms with Crippen LogP contribution in [0.5, 0.6) is 0 Å². The Kier molecular flexibility index (Phi) is 11.0. The number of ether oxygens (including phenoxy) is 3. The van der Waals surface area contributed by atoms with Gasteiger partial charge in [-0.25, -0.2) is 4.79 Å². The molecule has 0 aromatic rings. The molecule has 11 unspecified atom stereocenters. The van der Waals surface area contributed by atoms with Crippen molar-refractivity contribution in [1.29, 1.82) is 0 Å². The molecule has 2 aliphatic carbocycles. The van der Waals surface area contributed by atoms with Crippen LogP contribution in [0, 0.1) is 29.6 Å². The van der Waals surface area contributed by atoms with Crippen LogP contribution in [0.3, 0.4) is 0 Å². The predicted octanol–water partition coefficient (Wildman–Crippen LogP) is 3.78. The van der Waals surface area contributed by atoms with Gasteiger partial charge in [0.25, 0.3) is 0 Å². The van der Waals surface area contributed by atoms with Crippen molar-refractivity contribution in [3.05, 3.63) is 11.6 Å². The van der Waals surface area contributed by atoms with E-state index in [1.165, 1.54) is 32.1 Å². The lowest BCUT2D eigenvalue weighted by Crippen LogP contribution is -2.67. The SMILES string of the molecule is CC=C(C)C(=O)OC1CC2C(O)C3C(=O)CC(CO)OC3C(CCC3CCCCC3)C2OC1(C)CCC1CCC(N)NC1. The summed E-state index contributed by atoms with van der Waals surface area (Å²) < 4.78 is 19.7. The zero-order valence-corrected chi connectivity index (χ0v) is 26.5. The molecule has 11 atom stereocenters. The first-order chi connectivity index (χ1) is 20.6. The summed E-state index contributed by atoms with van der Waals surface area (Å²) in [6.45, 7) is 6.28. The third kappa shape index (κ3) is 7.39. The number of allylic oxidation sites excluding steroid dienone is 1. The standard InChI is InChI=1S/C34H56N2O7/c1-4-20(2)33(40)42-27-17-25-30(39)29-26(38)16-23(19-37)41-32(29)24(12-10-21-8-6-5-7-9-21)31(25)43-34(27,3)15-14-22-11-13-28(35)36-18-22/h4,21-25,27-32,36-37,39H,5-19,35H2,1-3H3. The van der Waals surface area contributed by atoms with Crippen molar-refractivity contribution in [3.63, 3.8) is 0 Å². The molecule has 3 heterocycles. The molecular weight excluding hydrogens is 548 g/mol. The van der Waals surface area contributed by atoms with Crippen LogP contribution < -0.4 is 11.1 Å². The lowest BCUT2D eigenvalue weighted by Gasteiger charge is -2.58. The lowest BCUT2D eigenvalue weighted by molar-refractivity contribution is -0.285. The van der Waals surface area contributed by atoms with Crippen LogP contribution in [0.15, 0.2) is 11.6 Å². The summed E-state index contributed by atoms with van der Waals surface area (Å²) in [4.78, 5) is 26.5. The summed E-state index contributed by atoms with van der Waals surface area (Å²) in [5.41, 5.74) is 5.86. The highest BCUT2D eigenvalue weighted by Gasteiger charge is 2.61. The molecule has 5 aliphatic rings. The number of nitrogens with one attached hydrogen (secondary N) is 1. The number of nitrogens with two attached hydrogens (primary N) is 1. The smallest absolute Gasteiger partial charge is 0.333 e. The number of hydrogen-bond acceptors (Lipinski definition) is 9. The third-order valence-corrected chi connectivity index (χ3v) is 11.6. The van der Waals surface area contributed by atoms with E-state index in [4.69, 9.17) is 19.9 Å². The van der Waals surface area contributed by atoms with Crippen LogP contribution in [0.4, 0.5) is 0 Å². The number of rotatable bonds is 9. The van der Waals surface area contributed by atoms with Gasteiger partial charge in [0.2, 0.25) is 0 Å². The summed E-state index contributed by atoms with van der Waals surface area (Å²) in [6, 6.07) is 0. The molecule has 3 aliphatic heterocycles. The van der Waals surface area contributed by atoms with Gasteiger partial charge in [0.15, 0.2) is 0 Å². The monoisotopic (exact) mass is 604 g/mol. The molecule has 0 bridgehead atoms. The van der Waals surface area contributed by atoms with E-state index in [1.807, 2.05) is 6.92 Å². The number of piperidine rings is 1. The molecule has 5 rings (SSSR count). The molecule has 9 heteroatoms. The highest BCUT2D eigenvalue weighted by molar-refractivity contribution is 5.87. The molecule has 9 nitrogen and oxygen atoms in total. The minimum atomic E-state index is -0.953. The maximum Gasteiger partial charge on any atom is 0.333 e. The molecule has 0 radical (unpaired) electrons. The Bertz CT molecular complexity index is 991. The summed E-state index contributed by atoms with van der Waals surface area (Å²) in [7, 11) is 0. The number of carbonyl (C=O) groups excluding carboxylic acids is 2. The first kappa shape index (κ1) is 33.0. The van der Waals surface area contributed by atoms with Crippen molar-refractivity contribution >= 4 is 11.8 Å². The molecule has 0 aromatic carbocycles. The Morgan fingerprint density at radius 1 is 1.12 bits per heavy atom. The fraction of sp³-hybridized carbons (Fsp3) is 0.882. The minimum absolute atomic E-state index is 0.0404. The Morgan fingerprint density at radius 2 is 1.88 bits per heavy atom. The predicted molar refractivity (Wildman–Crippen MR) is 163 cm³/mol. The molecule has 5 N–H and O–H groups in total. The molecule has 0 spiro atoms. The zero-order valence-electron chi connectivity index (χ0n) is 26.5. The van der Waals surface area contributed by atoms with Crippen LogP contribution in [0.25, 0.3) is 0 Å². The maximum atomic E-state index is 13.5. The number of aliphatic hydroxyl groups is 2. The van der Waals surface area contributed by atoms with Gasteiger partial charge in [-0.05, 0) is 84.1 Å². The summed E-state index contributed by atoms with van der Waals surface area (Å²) in [5.74, 6) is -0.380. The van der Waals surface area contributed by atoms with Crippen molar-refractivity contribution in [2.24, 2.45) is 35.3 Å². The van der Waals surface area contributed by atoms with Crippen LogP contribution in [-0.2, 0) is 23.8 Å². The molecule has 0 aromatic heterocycles. The van der Waals surface area contributed by atoms with Gasteiger partial charge in [-0.3, -0.25) is 4.79 Å². The average Bonchev–Trinajstić information content (AvgIpc) is 3.01. The Hall–Kier alpha value is -1.36. The van der Waals surface area contributed by atoms with Crippen molar-refractivity contribution in [3.8, 4) is 0 Å². The van der Waals surface area contributed by atoms with E-state index in [-0.39, 0.29) is 48.9 Å². The van der Waals surface area contributed by atoms with E-state index >= 15 is 0 Å². The van der Waals surface area contributed by atoms with Crippen LogP contribution in [0.2, 0.25) is 0 Å². The van der Waals surface area contributed by atoms with Gasteiger partial charge in [-0.2, -0.15) is 0 Å².